The van der Waals surface area contributed by atoms with Crippen LogP contribution in [0.3, 0.4) is 0 Å². The number of nitrogens with two attached hydrogens (primary N) is 1. The zero-order valence-corrected chi connectivity index (χ0v) is 12.7. The first-order chi connectivity index (χ1) is 11.6. The number of pyridine rings is 1. The van der Waals surface area contributed by atoms with E-state index in [0.29, 0.717) is 28.4 Å². The van der Waals surface area contributed by atoms with Gasteiger partial charge < -0.3 is 10.8 Å². The Balaban J connectivity index is 1.93. The average Bonchev–Trinajstić information content (AvgIpc) is 2.58. The maximum Gasteiger partial charge on any atom is 0.258 e. The van der Waals surface area contributed by atoms with Gasteiger partial charge >= 0.3 is 0 Å². The minimum absolute atomic E-state index is 0.228. The van der Waals surface area contributed by atoms with Crippen LogP contribution in [0, 0.1) is 0 Å². The highest BCUT2D eigenvalue weighted by atomic mass is 16.3. The summed E-state index contributed by atoms with van der Waals surface area (Å²) in [7, 11) is 0. The van der Waals surface area contributed by atoms with Crippen LogP contribution in [0.15, 0.2) is 58.3 Å². The van der Waals surface area contributed by atoms with Gasteiger partial charge in [0.05, 0.1) is 12.1 Å². The molecule has 0 unspecified atom stereocenters. The van der Waals surface area contributed by atoms with Crippen molar-refractivity contribution in [2.75, 3.05) is 0 Å². The molecule has 0 aliphatic heterocycles. The van der Waals surface area contributed by atoms with E-state index >= 15 is 0 Å². The molecule has 0 atom stereocenters. The molecule has 6 nitrogen and oxygen atoms in total. The van der Waals surface area contributed by atoms with Crippen LogP contribution in [0.1, 0.15) is 21.5 Å². The molecule has 0 radical (unpaired) electrons. The lowest BCUT2D eigenvalue weighted by Gasteiger charge is -2.04. The van der Waals surface area contributed by atoms with Crippen molar-refractivity contribution < 1.29 is 9.90 Å². The van der Waals surface area contributed by atoms with Gasteiger partial charge in [-0.15, -0.1) is 0 Å². The molecular weight excluding hydrogens is 306 g/mol. The lowest BCUT2D eigenvalue weighted by molar-refractivity contribution is 0.1000. The number of primary amides is 1. The summed E-state index contributed by atoms with van der Waals surface area (Å²) in [4.78, 5) is 29.7. The summed E-state index contributed by atoms with van der Waals surface area (Å²) < 4.78 is 0. The molecule has 4 N–H and O–H groups in total. The number of amides is 1. The van der Waals surface area contributed by atoms with Crippen LogP contribution < -0.4 is 11.3 Å². The van der Waals surface area contributed by atoms with Gasteiger partial charge in [-0.1, -0.05) is 30.3 Å². The van der Waals surface area contributed by atoms with E-state index in [1.54, 1.807) is 42.5 Å². The second-order valence-electron chi connectivity index (χ2n) is 5.30. The van der Waals surface area contributed by atoms with Crippen molar-refractivity contribution in [2.45, 2.75) is 6.54 Å². The molecule has 0 aliphatic rings. The van der Waals surface area contributed by atoms with E-state index in [0.717, 1.165) is 5.56 Å². The number of nitrogens with zero attached hydrogens (tertiary/aromatic N) is 1. The van der Waals surface area contributed by atoms with E-state index in [1.165, 1.54) is 6.21 Å². The third-order valence-corrected chi connectivity index (χ3v) is 3.65. The number of aliphatic imine (C=N–C) groups is 1. The first-order valence-corrected chi connectivity index (χ1v) is 7.29. The highest BCUT2D eigenvalue weighted by Crippen LogP contribution is 2.20. The van der Waals surface area contributed by atoms with Gasteiger partial charge in [0.25, 0.3) is 5.56 Å². The fraction of sp³-hybridized carbons (Fsp3) is 0.0556. The molecule has 3 aromatic rings. The van der Waals surface area contributed by atoms with Gasteiger partial charge in [0, 0.05) is 22.6 Å². The predicted octanol–water partition coefficient (Wildman–Crippen LogP) is 1.95. The molecule has 3 rings (SSSR count). The Bertz CT molecular complexity index is 1010. The second kappa shape index (κ2) is 6.37. The van der Waals surface area contributed by atoms with Crippen molar-refractivity contribution in [1.82, 2.24) is 4.98 Å². The number of carbonyl (C=O) groups is 1. The van der Waals surface area contributed by atoms with E-state index in [9.17, 15) is 14.7 Å². The molecule has 1 aromatic heterocycles. The standard InChI is InChI=1S/C18H15N3O3/c19-16(22)12-5-3-4-11(8-12)9-20-10-15-13-6-1-2-7-14(13)17(23)21-18(15)24/h1-8,10H,9H2,(H2,19,22)(H2,21,23,24). The Morgan fingerprint density at radius 3 is 2.67 bits per heavy atom. The van der Waals surface area contributed by atoms with Gasteiger partial charge in [-0.2, -0.15) is 0 Å². The summed E-state index contributed by atoms with van der Waals surface area (Å²) in [6, 6.07) is 13.8. The highest BCUT2D eigenvalue weighted by molar-refractivity contribution is 6.01. The van der Waals surface area contributed by atoms with Gasteiger partial charge in [-0.25, -0.2) is 0 Å². The maximum atomic E-state index is 11.8. The van der Waals surface area contributed by atoms with E-state index in [4.69, 9.17) is 5.73 Å². The van der Waals surface area contributed by atoms with Crippen molar-refractivity contribution >= 4 is 22.9 Å². The summed E-state index contributed by atoms with van der Waals surface area (Å²) in [5, 5.41) is 11.1. The summed E-state index contributed by atoms with van der Waals surface area (Å²) in [5.74, 6) is -0.724. The molecule has 6 heteroatoms. The summed E-state index contributed by atoms with van der Waals surface area (Å²) in [6.07, 6.45) is 1.50. The maximum absolute atomic E-state index is 11.8. The van der Waals surface area contributed by atoms with Crippen molar-refractivity contribution in [2.24, 2.45) is 10.7 Å². The average molecular weight is 321 g/mol. The Morgan fingerprint density at radius 1 is 1.17 bits per heavy atom. The third-order valence-electron chi connectivity index (χ3n) is 3.65. The van der Waals surface area contributed by atoms with Crippen molar-refractivity contribution in [3.8, 4) is 5.88 Å². The molecule has 0 saturated carbocycles. The molecule has 0 saturated heterocycles. The van der Waals surface area contributed by atoms with Crippen LogP contribution in [0.2, 0.25) is 0 Å². The van der Waals surface area contributed by atoms with Crippen LogP contribution in [-0.4, -0.2) is 22.2 Å². The van der Waals surface area contributed by atoms with E-state index in [1.807, 2.05) is 6.07 Å². The molecule has 0 aliphatic carbocycles. The van der Waals surface area contributed by atoms with E-state index in [-0.39, 0.29) is 11.4 Å². The topological polar surface area (TPSA) is 109 Å². The lowest BCUT2D eigenvalue weighted by atomic mass is 10.1. The minimum atomic E-state index is -0.495. The Morgan fingerprint density at radius 2 is 1.92 bits per heavy atom. The number of rotatable bonds is 4. The predicted molar refractivity (Wildman–Crippen MR) is 92.5 cm³/mol. The van der Waals surface area contributed by atoms with Crippen LogP contribution in [0.5, 0.6) is 5.88 Å². The molecule has 120 valence electrons. The van der Waals surface area contributed by atoms with Crippen molar-refractivity contribution in [3.05, 3.63) is 75.6 Å². The van der Waals surface area contributed by atoms with Crippen LogP contribution in [-0.2, 0) is 6.54 Å². The number of H-pyrrole nitrogens is 1. The highest BCUT2D eigenvalue weighted by Gasteiger charge is 2.08. The molecule has 2 aromatic carbocycles. The van der Waals surface area contributed by atoms with Gasteiger partial charge in [0.2, 0.25) is 11.8 Å². The number of aromatic amines is 1. The van der Waals surface area contributed by atoms with Crippen LogP contribution >= 0.6 is 0 Å². The van der Waals surface area contributed by atoms with Crippen LogP contribution in [0.25, 0.3) is 10.8 Å². The Labute approximate surface area is 137 Å². The molecule has 1 heterocycles. The number of aromatic nitrogens is 1. The Kier molecular flexibility index (Phi) is 4.11. The fourth-order valence-corrected chi connectivity index (χ4v) is 2.48. The molecular formula is C18H15N3O3. The monoisotopic (exact) mass is 321 g/mol. The number of benzene rings is 2. The number of carbonyl (C=O) groups excluding carboxylic acids is 1. The number of hydrogen-bond donors (Lipinski definition) is 3. The van der Waals surface area contributed by atoms with E-state index < -0.39 is 5.91 Å². The zero-order valence-electron chi connectivity index (χ0n) is 12.7. The number of nitrogens with one attached hydrogen (secondary N) is 1. The largest absolute Gasteiger partial charge is 0.494 e. The normalized spacial score (nSPS) is 11.2. The smallest absolute Gasteiger partial charge is 0.258 e. The second-order valence-corrected chi connectivity index (χ2v) is 5.30. The summed E-state index contributed by atoms with van der Waals surface area (Å²) >= 11 is 0. The quantitative estimate of drug-likeness (QED) is 0.639. The number of aromatic hydroxyl groups is 1. The van der Waals surface area contributed by atoms with E-state index in [2.05, 4.69) is 9.98 Å². The minimum Gasteiger partial charge on any atom is -0.494 e. The Hall–Kier alpha value is -3.41. The number of hydrogen-bond acceptors (Lipinski definition) is 4. The van der Waals surface area contributed by atoms with Gasteiger partial charge in [0.15, 0.2) is 0 Å². The lowest BCUT2D eigenvalue weighted by Crippen LogP contribution is -2.10. The zero-order chi connectivity index (χ0) is 17.1. The van der Waals surface area contributed by atoms with Crippen molar-refractivity contribution in [3.63, 3.8) is 0 Å². The summed E-state index contributed by atoms with van der Waals surface area (Å²) in [6.45, 7) is 0.314. The summed E-state index contributed by atoms with van der Waals surface area (Å²) in [5.41, 5.74) is 6.58. The molecule has 24 heavy (non-hydrogen) atoms. The first-order valence-electron chi connectivity index (χ1n) is 7.29. The van der Waals surface area contributed by atoms with Gasteiger partial charge in [-0.3, -0.25) is 19.6 Å². The van der Waals surface area contributed by atoms with Gasteiger partial charge in [0.1, 0.15) is 0 Å². The van der Waals surface area contributed by atoms with Crippen molar-refractivity contribution in [1.29, 1.82) is 0 Å². The molecule has 0 fully saturated rings. The third kappa shape index (κ3) is 3.03. The van der Waals surface area contributed by atoms with Crippen LogP contribution in [0.4, 0.5) is 0 Å². The number of fused-ring (bicyclic) bond motifs is 1. The van der Waals surface area contributed by atoms with Gasteiger partial charge in [-0.05, 0) is 23.8 Å². The SMILES string of the molecule is NC(=O)c1cccc(CN=Cc2c(O)[nH]c(=O)c3ccccc23)c1. The molecule has 1 amide bonds. The molecule has 0 bridgehead atoms. The first kappa shape index (κ1) is 15.5. The molecule has 0 spiro atoms. The fourth-order valence-electron chi connectivity index (χ4n) is 2.48.